The van der Waals surface area contributed by atoms with Crippen LogP contribution in [0.1, 0.15) is 10.9 Å². The molecule has 0 saturated carbocycles. The molecular formula is C24H16Cl2N2OS. The van der Waals surface area contributed by atoms with Crippen LogP contribution in [-0.4, -0.2) is 16.6 Å². The van der Waals surface area contributed by atoms with E-state index in [9.17, 15) is 4.79 Å². The number of thioether (sulfide) groups is 1. The Balaban J connectivity index is 1.80. The van der Waals surface area contributed by atoms with E-state index in [2.05, 4.69) is 4.98 Å². The summed E-state index contributed by atoms with van der Waals surface area (Å²) in [6.45, 7) is 0. The minimum Gasteiger partial charge on any atom is -0.295 e. The van der Waals surface area contributed by atoms with Gasteiger partial charge in [-0.3, -0.25) is 9.69 Å². The second-order valence-corrected chi connectivity index (χ2v) is 8.84. The van der Waals surface area contributed by atoms with Crippen molar-refractivity contribution in [1.82, 2.24) is 4.98 Å². The van der Waals surface area contributed by atoms with Gasteiger partial charge in [0.1, 0.15) is 10.5 Å². The Morgan fingerprint density at radius 3 is 2.37 bits per heavy atom. The molecule has 148 valence electrons. The fourth-order valence-electron chi connectivity index (χ4n) is 3.87. The van der Waals surface area contributed by atoms with Gasteiger partial charge in [-0.2, -0.15) is 0 Å². The zero-order valence-electron chi connectivity index (χ0n) is 15.8. The lowest BCUT2D eigenvalue weighted by Crippen LogP contribution is -2.28. The summed E-state index contributed by atoms with van der Waals surface area (Å²) >= 11 is 14.7. The Bertz CT molecular complexity index is 1250. The molecule has 5 rings (SSSR count). The van der Waals surface area contributed by atoms with E-state index in [4.69, 9.17) is 23.2 Å². The molecule has 6 heteroatoms. The van der Waals surface area contributed by atoms with Crippen LogP contribution < -0.4 is 4.90 Å². The molecule has 1 aliphatic rings. The molecule has 1 amide bonds. The van der Waals surface area contributed by atoms with Gasteiger partial charge in [-0.15, -0.1) is 11.8 Å². The Hall–Kier alpha value is -2.53. The van der Waals surface area contributed by atoms with Crippen molar-refractivity contribution in [3.05, 3.63) is 94.6 Å². The van der Waals surface area contributed by atoms with Gasteiger partial charge in [-0.05, 0) is 35.9 Å². The Kier molecular flexibility index (Phi) is 5.15. The molecule has 0 N–H and O–H groups in total. The highest BCUT2D eigenvalue weighted by Gasteiger charge is 2.37. The van der Waals surface area contributed by atoms with Crippen molar-refractivity contribution in [2.75, 3.05) is 10.7 Å². The quantitative estimate of drug-likeness (QED) is 0.315. The van der Waals surface area contributed by atoms with Crippen LogP contribution in [0, 0.1) is 0 Å². The molecule has 1 aliphatic heterocycles. The number of para-hydroxylation sites is 1. The van der Waals surface area contributed by atoms with Gasteiger partial charge in [0.15, 0.2) is 0 Å². The summed E-state index contributed by atoms with van der Waals surface area (Å²) in [7, 11) is 0. The number of carbonyl (C=O) groups is 1. The standard InChI is InChI=1S/C24H16Cl2N2OS/c25-16-11-12-19-18(13-16)21(15-7-3-1-4-8-15)22(23(26)27-19)24-28(20(29)14-30-24)17-9-5-2-6-10-17/h1-13,24H,14H2. The van der Waals surface area contributed by atoms with Gasteiger partial charge < -0.3 is 0 Å². The van der Waals surface area contributed by atoms with Crippen LogP contribution in [0.5, 0.6) is 0 Å². The average Bonchev–Trinajstić information content (AvgIpc) is 3.15. The summed E-state index contributed by atoms with van der Waals surface area (Å²) in [5.41, 5.74) is 4.42. The number of rotatable bonds is 3. The van der Waals surface area contributed by atoms with Crippen molar-refractivity contribution in [1.29, 1.82) is 0 Å². The second kappa shape index (κ2) is 7.95. The third-order valence-electron chi connectivity index (χ3n) is 5.15. The van der Waals surface area contributed by atoms with E-state index in [1.165, 1.54) is 0 Å². The first kappa shape index (κ1) is 19.4. The van der Waals surface area contributed by atoms with Crippen molar-refractivity contribution < 1.29 is 4.79 Å². The number of fused-ring (bicyclic) bond motifs is 1. The van der Waals surface area contributed by atoms with Gasteiger partial charge >= 0.3 is 0 Å². The summed E-state index contributed by atoms with van der Waals surface area (Å²) in [5.74, 6) is 0.440. The average molecular weight is 451 g/mol. The van der Waals surface area contributed by atoms with Gasteiger partial charge in [-0.25, -0.2) is 4.98 Å². The van der Waals surface area contributed by atoms with Crippen molar-refractivity contribution in [3.63, 3.8) is 0 Å². The van der Waals surface area contributed by atoms with Gasteiger partial charge in [0.2, 0.25) is 5.91 Å². The Morgan fingerprint density at radius 2 is 1.63 bits per heavy atom. The molecule has 0 spiro atoms. The van der Waals surface area contributed by atoms with Crippen LogP contribution in [0.4, 0.5) is 5.69 Å². The lowest BCUT2D eigenvalue weighted by atomic mass is 9.95. The highest BCUT2D eigenvalue weighted by Crippen LogP contribution is 2.49. The van der Waals surface area contributed by atoms with E-state index >= 15 is 0 Å². The number of amides is 1. The predicted molar refractivity (Wildman–Crippen MR) is 126 cm³/mol. The van der Waals surface area contributed by atoms with Gasteiger partial charge in [-0.1, -0.05) is 71.7 Å². The van der Waals surface area contributed by atoms with Crippen LogP contribution >= 0.6 is 35.0 Å². The van der Waals surface area contributed by atoms with E-state index in [0.717, 1.165) is 33.3 Å². The first-order chi connectivity index (χ1) is 14.6. The van der Waals surface area contributed by atoms with Crippen molar-refractivity contribution in [2.24, 2.45) is 0 Å². The lowest BCUT2D eigenvalue weighted by molar-refractivity contribution is -0.115. The Morgan fingerprint density at radius 1 is 0.933 bits per heavy atom. The molecule has 2 heterocycles. The largest absolute Gasteiger partial charge is 0.295 e. The summed E-state index contributed by atoms with van der Waals surface area (Å²) in [6, 6.07) is 25.3. The predicted octanol–water partition coefficient (Wildman–Crippen LogP) is 6.99. The van der Waals surface area contributed by atoms with E-state index in [1.54, 1.807) is 11.8 Å². The number of anilines is 1. The number of benzene rings is 3. The summed E-state index contributed by atoms with van der Waals surface area (Å²) in [4.78, 5) is 19.3. The molecule has 3 nitrogen and oxygen atoms in total. The summed E-state index contributed by atoms with van der Waals surface area (Å²) < 4.78 is 0. The van der Waals surface area contributed by atoms with Gasteiger partial charge in [0.05, 0.1) is 11.3 Å². The molecular weight excluding hydrogens is 435 g/mol. The van der Waals surface area contributed by atoms with Gasteiger partial charge in [0.25, 0.3) is 0 Å². The maximum atomic E-state index is 12.9. The van der Waals surface area contributed by atoms with E-state index in [0.29, 0.717) is 15.9 Å². The number of hydrogen-bond donors (Lipinski definition) is 0. The van der Waals surface area contributed by atoms with Crippen molar-refractivity contribution in [3.8, 4) is 11.1 Å². The number of hydrogen-bond acceptors (Lipinski definition) is 3. The maximum Gasteiger partial charge on any atom is 0.238 e. The smallest absolute Gasteiger partial charge is 0.238 e. The molecule has 4 aromatic rings. The monoisotopic (exact) mass is 450 g/mol. The number of pyridine rings is 1. The Labute approximate surface area is 188 Å². The topological polar surface area (TPSA) is 33.2 Å². The first-order valence-corrected chi connectivity index (χ1v) is 11.3. The van der Waals surface area contributed by atoms with E-state index < -0.39 is 0 Å². The second-order valence-electron chi connectivity index (χ2n) is 6.98. The van der Waals surface area contributed by atoms with Crippen LogP contribution in [0.3, 0.4) is 0 Å². The number of nitrogens with zero attached hydrogens (tertiary/aromatic N) is 2. The van der Waals surface area contributed by atoms with E-state index in [1.807, 2.05) is 83.8 Å². The highest BCUT2D eigenvalue weighted by atomic mass is 35.5. The highest BCUT2D eigenvalue weighted by molar-refractivity contribution is 8.00. The number of halogens is 2. The molecule has 1 saturated heterocycles. The molecule has 30 heavy (non-hydrogen) atoms. The molecule has 1 atom stereocenters. The maximum absolute atomic E-state index is 12.9. The third kappa shape index (κ3) is 3.35. The summed E-state index contributed by atoms with van der Waals surface area (Å²) in [5, 5.41) is 1.67. The molecule has 0 radical (unpaired) electrons. The molecule has 1 fully saturated rings. The lowest BCUT2D eigenvalue weighted by Gasteiger charge is -2.27. The molecule has 1 aromatic heterocycles. The molecule has 3 aromatic carbocycles. The van der Waals surface area contributed by atoms with E-state index in [-0.39, 0.29) is 11.3 Å². The number of carbonyl (C=O) groups excluding carboxylic acids is 1. The molecule has 0 aliphatic carbocycles. The van der Waals surface area contributed by atoms with Gasteiger partial charge in [0, 0.05) is 27.2 Å². The third-order valence-corrected chi connectivity index (χ3v) is 6.85. The van der Waals surface area contributed by atoms with Crippen molar-refractivity contribution >= 4 is 57.5 Å². The minimum absolute atomic E-state index is 0.0532. The first-order valence-electron chi connectivity index (χ1n) is 9.46. The number of aromatic nitrogens is 1. The van der Waals surface area contributed by atoms with Crippen LogP contribution in [0.2, 0.25) is 10.2 Å². The molecule has 0 bridgehead atoms. The summed E-state index contributed by atoms with van der Waals surface area (Å²) in [6.07, 6.45) is 0. The van der Waals surface area contributed by atoms with Crippen molar-refractivity contribution in [2.45, 2.75) is 5.37 Å². The van der Waals surface area contributed by atoms with Crippen LogP contribution in [0.25, 0.3) is 22.0 Å². The molecule has 1 unspecified atom stereocenters. The minimum atomic E-state index is -0.279. The zero-order chi connectivity index (χ0) is 20.7. The normalized spacial score (nSPS) is 16.4. The zero-order valence-corrected chi connectivity index (χ0v) is 18.1. The SMILES string of the molecule is O=C1CSC(c2c(Cl)nc3ccc(Cl)cc3c2-c2ccccc2)N1c1ccccc1. The van der Waals surface area contributed by atoms with Crippen LogP contribution in [0.15, 0.2) is 78.9 Å². The van der Waals surface area contributed by atoms with Crippen LogP contribution in [-0.2, 0) is 4.79 Å². The fourth-order valence-corrected chi connectivity index (χ4v) is 5.62. The fraction of sp³-hybridized carbons (Fsp3) is 0.0833.